The van der Waals surface area contributed by atoms with E-state index in [2.05, 4.69) is 17.1 Å². The molecule has 2 unspecified atom stereocenters. The number of ether oxygens (including phenoxy) is 2. The van der Waals surface area contributed by atoms with Gasteiger partial charge in [0.25, 0.3) is 0 Å². The van der Waals surface area contributed by atoms with E-state index < -0.39 is 5.54 Å². The van der Waals surface area contributed by atoms with Gasteiger partial charge in [0.15, 0.2) is 0 Å². The van der Waals surface area contributed by atoms with Crippen LogP contribution < -0.4 is 5.32 Å². The van der Waals surface area contributed by atoms with Crippen LogP contribution in [0.25, 0.3) is 0 Å². The summed E-state index contributed by atoms with van der Waals surface area (Å²) >= 11 is 0. The van der Waals surface area contributed by atoms with Crippen molar-refractivity contribution in [3.05, 3.63) is 0 Å². The second-order valence-electron chi connectivity index (χ2n) is 6.40. The van der Waals surface area contributed by atoms with Gasteiger partial charge in [0, 0.05) is 25.7 Å². The van der Waals surface area contributed by atoms with Crippen LogP contribution in [-0.2, 0) is 14.3 Å². The van der Waals surface area contributed by atoms with Gasteiger partial charge in [0.1, 0.15) is 5.54 Å². The number of nitrogens with zero attached hydrogens (tertiary/aromatic N) is 1. The molecule has 0 aromatic heterocycles. The molecule has 2 atom stereocenters. The van der Waals surface area contributed by atoms with Gasteiger partial charge in [0.2, 0.25) is 0 Å². The summed E-state index contributed by atoms with van der Waals surface area (Å²) < 4.78 is 10.7. The Kier molecular flexibility index (Phi) is 7.63. The molecule has 0 aromatic rings. The van der Waals surface area contributed by atoms with Gasteiger partial charge in [0.05, 0.1) is 13.2 Å². The van der Waals surface area contributed by atoms with Crippen molar-refractivity contribution in [3.8, 4) is 0 Å². The zero-order valence-corrected chi connectivity index (χ0v) is 14.3. The van der Waals surface area contributed by atoms with Crippen molar-refractivity contribution in [2.24, 2.45) is 0 Å². The fraction of sp³-hybridized carbons (Fsp3) is 0.938. The van der Waals surface area contributed by atoms with Gasteiger partial charge in [-0.05, 0) is 46.6 Å². The average Bonchev–Trinajstić information content (AvgIpc) is 2.94. The molecule has 5 heteroatoms. The van der Waals surface area contributed by atoms with Crippen molar-refractivity contribution < 1.29 is 14.3 Å². The fourth-order valence-corrected chi connectivity index (χ4v) is 2.93. The highest BCUT2D eigenvalue weighted by atomic mass is 16.5. The van der Waals surface area contributed by atoms with Crippen LogP contribution in [0, 0.1) is 0 Å². The lowest BCUT2D eigenvalue weighted by Gasteiger charge is -2.33. The summed E-state index contributed by atoms with van der Waals surface area (Å²) in [4.78, 5) is 14.4. The molecule has 0 spiro atoms. The predicted octanol–water partition coefficient (Wildman–Crippen LogP) is 1.81. The van der Waals surface area contributed by atoms with E-state index in [9.17, 15) is 4.79 Å². The van der Waals surface area contributed by atoms with Gasteiger partial charge in [-0.15, -0.1) is 0 Å². The highest BCUT2D eigenvalue weighted by Gasteiger charge is 2.35. The van der Waals surface area contributed by atoms with Crippen LogP contribution in [-0.4, -0.2) is 61.9 Å². The highest BCUT2D eigenvalue weighted by Crippen LogP contribution is 2.17. The molecular weight excluding hydrogens is 268 g/mol. The van der Waals surface area contributed by atoms with E-state index in [0.29, 0.717) is 6.10 Å². The van der Waals surface area contributed by atoms with Gasteiger partial charge in [-0.2, -0.15) is 0 Å². The van der Waals surface area contributed by atoms with Gasteiger partial charge in [-0.1, -0.05) is 6.92 Å². The maximum Gasteiger partial charge on any atom is 0.325 e. The maximum atomic E-state index is 12.1. The number of esters is 1. The molecule has 1 aliphatic rings. The summed E-state index contributed by atoms with van der Waals surface area (Å²) in [6.45, 7) is 11.8. The Bertz CT molecular complexity index is 317. The smallest absolute Gasteiger partial charge is 0.325 e. The fourth-order valence-electron chi connectivity index (χ4n) is 2.93. The van der Waals surface area contributed by atoms with Gasteiger partial charge in [-0.25, -0.2) is 0 Å². The lowest BCUT2D eigenvalue weighted by Crippen LogP contribution is -2.54. The zero-order chi connectivity index (χ0) is 15.9. The highest BCUT2D eigenvalue weighted by molar-refractivity contribution is 5.80. The van der Waals surface area contributed by atoms with Crippen LogP contribution >= 0.6 is 0 Å². The quantitative estimate of drug-likeness (QED) is 0.658. The molecule has 1 fully saturated rings. The topological polar surface area (TPSA) is 50.8 Å². The molecule has 0 aliphatic carbocycles. The van der Waals surface area contributed by atoms with Crippen LogP contribution in [0.4, 0.5) is 0 Å². The summed E-state index contributed by atoms with van der Waals surface area (Å²) in [5.41, 5.74) is -0.632. The third-order valence-corrected chi connectivity index (χ3v) is 4.10. The van der Waals surface area contributed by atoms with E-state index in [4.69, 9.17) is 9.47 Å². The molecule has 1 saturated heterocycles. The molecule has 5 nitrogen and oxygen atoms in total. The monoisotopic (exact) mass is 300 g/mol. The van der Waals surface area contributed by atoms with E-state index in [1.807, 2.05) is 20.8 Å². The molecule has 0 radical (unpaired) electrons. The zero-order valence-electron chi connectivity index (χ0n) is 14.3. The van der Waals surface area contributed by atoms with Gasteiger partial charge in [-0.3, -0.25) is 10.1 Å². The molecule has 21 heavy (non-hydrogen) atoms. The van der Waals surface area contributed by atoms with Crippen LogP contribution in [0.3, 0.4) is 0 Å². The normalized spacial score (nSPS) is 21.8. The van der Waals surface area contributed by atoms with Crippen molar-refractivity contribution in [1.82, 2.24) is 10.2 Å². The second kappa shape index (κ2) is 8.71. The second-order valence-corrected chi connectivity index (χ2v) is 6.40. The van der Waals surface area contributed by atoms with E-state index in [0.717, 1.165) is 45.5 Å². The number of carbonyl (C=O) groups excluding carboxylic acids is 1. The number of methoxy groups -OCH3 is 1. The summed E-state index contributed by atoms with van der Waals surface area (Å²) in [7, 11) is 1.45. The van der Waals surface area contributed by atoms with Crippen molar-refractivity contribution in [1.29, 1.82) is 0 Å². The molecular formula is C16H32N2O3. The van der Waals surface area contributed by atoms with Crippen LogP contribution in [0.2, 0.25) is 0 Å². The SMILES string of the molecule is CCN(CCC(C)(NC(C)C)C(=O)OC)CC1CCCO1. The molecule has 1 N–H and O–H groups in total. The predicted molar refractivity (Wildman–Crippen MR) is 84.4 cm³/mol. The Labute approximate surface area is 129 Å². The third-order valence-electron chi connectivity index (χ3n) is 4.10. The molecule has 0 saturated carbocycles. The first-order valence-electron chi connectivity index (χ1n) is 8.11. The molecule has 1 aliphatic heterocycles. The Balaban J connectivity index is 2.54. The standard InChI is InChI=1S/C16H32N2O3/c1-6-18(12-14-8-7-11-21-14)10-9-16(4,15(19)20-5)17-13(2)3/h13-14,17H,6-12H2,1-5H3. The average molecular weight is 300 g/mol. The molecule has 1 rings (SSSR count). The largest absolute Gasteiger partial charge is 0.468 e. The molecule has 0 aromatic carbocycles. The number of nitrogens with one attached hydrogen (secondary N) is 1. The lowest BCUT2D eigenvalue weighted by molar-refractivity contribution is -0.148. The maximum absolute atomic E-state index is 12.1. The van der Waals surface area contributed by atoms with E-state index >= 15 is 0 Å². The van der Waals surface area contributed by atoms with Crippen molar-refractivity contribution in [2.45, 2.75) is 64.6 Å². The van der Waals surface area contributed by atoms with Crippen molar-refractivity contribution in [3.63, 3.8) is 0 Å². The van der Waals surface area contributed by atoms with Gasteiger partial charge < -0.3 is 14.4 Å². The van der Waals surface area contributed by atoms with Crippen molar-refractivity contribution in [2.75, 3.05) is 33.4 Å². The Morgan fingerprint density at radius 2 is 2.24 bits per heavy atom. The minimum Gasteiger partial charge on any atom is -0.468 e. The summed E-state index contributed by atoms with van der Waals surface area (Å²) in [5, 5.41) is 3.35. The first-order chi connectivity index (χ1) is 9.91. The molecule has 124 valence electrons. The van der Waals surface area contributed by atoms with Gasteiger partial charge >= 0.3 is 5.97 Å². The molecule has 0 bridgehead atoms. The summed E-state index contributed by atoms with van der Waals surface area (Å²) in [6.07, 6.45) is 3.40. The number of likely N-dealkylation sites (N-methyl/N-ethyl adjacent to an activating group) is 1. The first-order valence-corrected chi connectivity index (χ1v) is 8.11. The van der Waals surface area contributed by atoms with Crippen LogP contribution in [0.5, 0.6) is 0 Å². The Hall–Kier alpha value is -0.650. The Morgan fingerprint density at radius 1 is 1.52 bits per heavy atom. The van der Waals surface area contributed by atoms with E-state index in [-0.39, 0.29) is 12.0 Å². The Morgan fingerprint density at radius 3 is 2.71 bits per heavy atom. The minimum atomic E-state index is -0.632. The third kappa shape index (κ3) is 5.93. The number of rotatable bonds is 9. The van der Waals surface area contributed by atoms with Crippen molar-refractivity contribution >= 4 is 5.97 Å². The summed E-state index contributed by atoms with van der Waals surface area (Å²) in [5.74, 6) is -0.190. The van der Waals surface area contributed by atoms with E-state index in [1.165, 1.54) is 7.11 Å². The molecule has 1 heterocycles. The van der Waals surface area contributed by atoms with Crippen LogP contribution in [0.1, 0.15) is 47.0 Å². The van der Waals surface area contributed by atoms with E-state index in [1.54, 1.807) is 0 Å². The molecule has 0 amide bonds. The number of hydrogen-bond donors (Lipinski definition) is 1. The lowest BCUT2D eigenvalue weighted by atomic mass is 9.96. The first kappa shape index (κ1) is 18.4. The summed E-state index contributed by atoms with van der Waals surface area (Å²) in [6, 6.07) is 0.238. The minimum absolute atomic E-state index is 0.190. The van der Waals surface area contributed by atoms with Crippen LogP contribution in [0.15, 0.2) is 0 Å². The number of carbonyl (C=O) groups is 1. The number of hydrogen-bond acceptors (Lipinski definition) is 5.